The van der Waals surface area contributed by atoms with Crippen molar-refractivity contribution >= 4 is 34.6 Å². The molecule has 4 nitrogen and oxygen atoms in total. The number of amidine groups is 1. The van der Waals surface area contributed by atoms with Crippen molar-refractivity contribution in [3.05, 3.63) is 100 Å². The second-order valence-electron chi connectivity index (χ2n) is 8.46. The Kier molecular flexibility index (Phi) is 7.30. The minimum atomic E-state index is -0.0478. The Morgan fingerprint density at radius 2 is 1.67 bits per heavy atom. The summed E-state index contributed by atoms with van der Waals surface area (Å²) in [7, 11) is 0. The van der Waals surface area contributed by atoms with Crippen molar-refractivity contribution in [2.75, 3.05) is 6.61 Å². The van der Waals surface area contributed by atoms with Crippen molar-refractivity contribution in [2.45, 2.75) is 27.3 Å². The van der Waals surface area contributed by atoms with Crippen molar-refractivity contribution in [1.82, 2.24) is 4.90 Å². The summed E-state index contributed by atoms with van der Waals surface area (Å²) in [5.74, 6) is 1.15. The first-order valence-electron chi connectivity index (χ1n) is 11.1. The Labute approximate surface area is 200 Å². The summed E-state index contributed by atoms with van der Waals surface area (Å²) in [4.78, 5) is 20.7. The third kappa shape index (κ3) is 5.93. The van der Waals surface area contributed by atoms with Crippen LogP contribution in [-0.4, -0.2) is 22.6 Å². The molecule has 1 saturated heterocycles. The average molecular weight is 457 g/mol. The number of thioether (sulfide) groups is 1. The maximum absolute atomic E-state index is 13.5. The largest absolute Gasteiger partial charge is 0.493 e. The second-order valence-corrected chi connectivity index (χ2v) is 9.47. The monoisotopic (exact) mass is 456 g/mol. The van der Waals surface area contributed by atoms with E-state index in [1.807, 2.05) is 91.9 Å². The number of carbonyl (C=O) groups is 1. The highest BCUT2D eigenvalue weighted by molar-refractivity contribution is 8.18. The molecule has 0 saturated carbocycles. The zero-order valence-electron chi connectivity index (χ0n) is 19.2. The maximum Gasteiger partial charge on any atom is 0.267 e. The SMILES string of the molecule is Cc1ccc(N=C2S/C(=C/c3ccccc3OCC(C)C)C(=O)N2Cc2ccccc2)cc1. The molecule has 1 aliphatic rings. The van der Waals surface area contributed by atoms with Crippen LogP contribution in [0, 0.1) is 12.8 Å². The van der Waals surface area contributed by atoms with Crippen LogP contribution in [-0.2, 0) is 11.3 Å². The normalized spacial score (nSPS) is 16.2. The quantitative estimate of drug-likeness (QED) is 0.366. The van der Waals surface area contributed by atoms with Gasteiger partial charge in [0.1, 0.15) is 5.75 Å². The van der Waals surface area contributed by atoms with Gasteiger partial charge < -0.3 is 4.74 Å². The van der Waals surface area contributed by atoms with Crippen LogP contribution in [0.4, 0.5) is 5.69 Å². The Morgan fingerprint density at radius 1 is 0.970 bits per heavy atom. The van der Waals surface area contributed by atoms with E-state index in [2.05, 4.69) is 13.8 Å². The van der Waals surface area contributed by atoms with Crippen molar-refractivity contribution in [2.24, 2.45) is 10.9 Å². The number of amides is 1. The van der Waals surface area contributed by atoms with Gasteiger partial charge in [-0.3, -0.25) is 9.69 Å². The molecule has 1 fully saturated rings. The van der Waals surface area contributed by atoms with Crippen molar-refractivity contribution in [3.8, 4) is 5.75 Å². The fourth-order valence-corrected chi connectivity index (χ4v) is 4.34. The minimum absolute atomic E-state index is 0.0478. The number of rotatable bonds is 7. The molecule has 0 spiro atoms. The second kappa shape index (κ2) is 10.5. The molecular formula is C28H28N2O2S. The Bertz CT molecular complexity index is 1170. The van der Waals surface area contributed by atoms with Crippen molar-refractivity contribution in [3.63, 3.8) is 0 Å². The lowest BCUT2D eigenvalue weighted by atomic mass is 10.1. The van der Waals surface area contributed by atoms with Gasteiger partial charge in [0, 0.05) is 5.56 Å². The Hall–Kier alpha value is -3.31. The Morgan fingerprint density at radius 3 is 2.39 bits per heavy atom. The molecule has 5 heteroatoms. The molecule has 3 aromatic rings. The van der Waals surface area contributed by atoms with Crippen LogP contribution in [0.3, 0.4) is 0 Å². The topological polar surface area (TPSA) is 41.9 Å². The van der Waals surface area contributed by atoms with Crippen LogP contribution in [0.1, 0.15) is 30.5 Å². The highest BCUT2D eigenvalue weighted by Crippen LogP contribution is 2.36. The van der Waals surface area contributed by atoms with E-state index in [1.54, 1.807) is 4.90 Å². The van der Waals surface area contributed by atoms with Gasteiger partial charge in [-0.15, -0.1) is 0 Å². The fraction of sp³-hybridized carbons (Fsp3) is 0.214. The van der Waals surface area contributed by atoms with E-state index < -0.39 is 0 Å². The molecule has 0 atom stereocenters. The molecule has 1 heterocycles. The van der Waals surface area contributed by atoms with Gasteiger partial charge in [0.05, 0.1) is 23.7 Å². The van der Waals surface area contributed by atoms with Gasteiger partial charge in [0.25, 0.3) is 5.91 Å². The third-order valence-corrected chi connectivity index (χ3v) is 6.11. The summed E-state index contributed by atoms with van der Waals surface area (Å²) >= 11 is 1.41. The van der Waals surface area contributed by atoms with Gasteiger partial charge in [-0.25, -0.2) is 4.99 Å². The van der Waals surface area contributed by atoms with Gasteiger partial charge >= 0.3 is 0 Å². The predicted molar refractivity (Wildman–Crippen MR) is 138 cm³/mol. The number of para-hydroxylation sites is 1. The first-order valence-corrected chi connectivity index (χ1v) is 11.9. The van der Waals surface area contributed by atoms with Gasteiger partial charge in [-0.1, -0.05) is 80.1 Å². The molecule has 4 rings (SSSR count). The highest BCUT2D eigenvalue weighted by Gasteiger charge is 2.33. The number of aryl methyl sites for hydroxylation is 1. The highest BCUT2D eigenvalue weighted by atomic mass is 32.2. The van der Waals surface area contributed by atoms with Crippen molar-refractivity contribution < 1.29 is 9.53 Å². The van der Waals surface area contributed by atoms with Crippen molar-refractivity contribution in [1.29, 1.82) is 0 Å². The lowest BCUT2D eigenvalue weighted by Gasteiger charge is -2.15. The van der Waals surface area contributed by atoms with Crippen LogP contribution >= 0.6 is 11.8 Å². The third-order valence-electron chi connectivity index (χ3n) is 5.11. The number of ether oxygens (including phenoxy) is 1. The number of carbonyl (C=O) groups excluding carboxylic acids is 1. The number of hydrogen-bond donors (Lipinski definition) is 0. The zero-order valence-corrected chi connectivity index (χ0v) is 20.0. The van der Waals surface area contributed by atoms with E-state index >= 15 is 0 Å². The molecule has 0 aromatic heterocycles. The molecule has 1 amide bonds. The van der Waals surface area contributed by atoms with E-state index in [-0.39, 0.29) is 5.91 Å². The summed E-state index contributed by atoms with van der Waals surface area (Å²) in [5, 5.41) is 0.680. The summed E-state index contributed by atoms with van der Waals surface area (Å²) in [6.07, 6.45) is 1.91. The molecule has 0 unspecified atom stereocenters. The first-order chi connectivity index (χ1) is 16.0. The van der Waals surface area contributed by atoms with Gasteiger partial charge in [0.15, 0.2) is 5.17 Å². The number of aliphatic imine (C=N–C) groups is 1. The smallest absolute Gasteiger partial charge is 0.267 e. The van der Waals surface area contributed by atoms with E-state index in [0.29, 0.717) is 29.1 Å². The van der Waals surface area contributed by atoms with E-state index in [1.165, 1.54) is 17.3 Å². The summed E-state index contributed by atoms with van der Waals surface area (Å²) in [6, 6.07) is 25.8. The molecule has 33 heavy (non-hydrogen) atoms. The molecule has 0 aliphatic carbocycles. The fourth-order valence-electron chi connectivity index (χ4n) is 3.36. The predicted octanol–water partition coefficient (Wildman–Crippen LogP) is 6.83. The molecule has 1 aliphatic heterocycles. The summed E-state index contributed by atoms with van der Waals surface area (Å²) < 4.78 is 5.99. The standard InChI is InChI=1S/C28H28N2O2S/c1-20(2)19-32-25-12-8-7-11-23(25)17-26-27(31)30(18-22-9-5-4-6-10-22)28(33-26)29-24-15-13-21(3)14-16-24/h4-17,20H,18-19H2,1-3H3/b26-17+,29-28?. The molecular weight excluding hydrogens is 428 g/mol. The van der Waals surface area contributed by atoms with E-state index in [9.17, 15) is 4.79 Å². The molecule has 0 radical (unpaired) electrons. The average Bonchev–Trinajstić information content (AvgIpc) is 3.09. The maximum atomic E-state index is 13.5. The van der Waals surface area contributed by atoms with Crippen LogP contribution in [0.2, 0.25) is 0 Å². The zero-order chi connectivity index (χ0) is 23.2. The van der Waals surface area contributed by atoms with Crippen LogP contribution in [0.25, 0.3) is 6.08 Å². The first kappa shape index (κ1) is 22.9. The number of hydrogen-bond acceptors (Lipinski definition) is 4. The lowest BCUT2D eigenvalue weighted by molar-refractivity contribution is -0.122. The van der Waals surface area contributed by atoms with Crippen LogP contribution in [0.15, 0.2) is 88.8 Å². The van der Waals surface area contributed by atoms with E-state index in [0.717, 1.165) is 22.6 Å². The Balaban J connectivity index is 1.68. The molecule has 168 valence electrons. The minimum Gasteiger partial charge on any atom is -0.493 e. The number of benzene rings is 3. The van der Waals surface area contributed by atoms with E-state index in [4.69, 9.17) is 9.73 Å². The number of nitrogens with zero attached hydrogens (tertiary/aromatic N) is 2. The summed E-state index contributed by atoms with van der Waals surface area (Å²) in [6.45, 7) is 7.38. The van der Waals surface area contributed by atoms with Gasteiger partial charge in [0.2, 0.25) is 0 Å². The summed E-state index contributed by atoms with van der Waals surface area (Å²) in [5.41, 5.74) is 3.96. The molecule has 3 aromatic carbocycles. The molecule has 0 N–H and O–H groups in total. The van der Waals surface area contributed by atoms with Crippen LogP contribution in [0.5, 0.6) is 5.75 Å². The van der Waals surface area contributed by atoms with Gasteiger partial charge in [-0.2, -0.15) is 0 Å². The van der Waals surface area contributed by atoms with Crippen LogP contribution < -0.4 is 4.74 Å². The van der Waals surface area contributed by atoms with Gasteiger partial charge in [-0.05, 0) is 54.4 Å². The lowest BCUT2D eigenvalue weighted by Crippen LogP contribution is -2.28. The molecule has 0 bridgehead atoms.